The maximum Gasteiger partial charge on any atom is 0.0972 e. The lowest BCUT2D eigenvalue weighted by Crippen LogP contribution is -2.26. The van der Waals surface area contributed by atoms with Crippen LogP contribution in [0.2, 0.25) is 0 Å². The zero-order chi connectivity index (χ0) is 14.7. The fraction of sp³-hybridized carbons (Fsp3) is 0.412. The summed E-state index contributed by atoms with van der Waals surface area (Å²) in [6.45, 7) is 5.03. The number of likely N-dealkylation sites (tertiary alicyclic amines) is 1. The lowest BCUT2D eigenvalue weighted by molar-refractivity contribution is -0.00244. The van der Waals surface area contributed by atoms with Gasteiger partial charge in [0.15, 0.2) is 0 Å². The number of β-amino-alcohol motifs (C(OH)–C–C–N with tert-alkyl or cyclic N) is 1. The molecule has 0 unspecified atom stereocenters. The molecular formula is C17H21NO2S. The van der Waals surface area contributed by atoms with Crippen LogP contribution >= 0.6 is 11.3 Å². The topological polar surface area (TPSA) is 32.7 Å². The van der Waals surface area contributed by atoms with Crippen molar-refractivity contribution < 1.29 is 9.84 Å². The molecule has 0 radical (unpaired) electrons. The summed E-state index contributed by atoms with van der Waals surface area (Å²) < 4.78 is 5.57. The monoisotopic (exact) mass is 303 g/mol. The van der Waals surface area contributed by atoms with E-state index in [1.165, 1.54) is 15.3 Å². The molecule has 0 amide bonds. The summed E-state index contributed by atoms with van der Waals surface area (Å²) in [5.41, 5.74) is 1.27. The Hall–Kier alpha value is -1.20. The first kappa shape index (κ1) is 14.7. The molecule has 2 aromatic rings. The Balaban J connectivity index is 1.63. The van der Waals surface area contributed by atoms with Crippen LogP contribution in [-0.4, -0.2) is 41.9 Å². The molecule has 3 rings (SSSR count). The maximum absolute atomic E-state index is 9.99. The first-order valence-electron chi connectivity index (χ1n) is 7.42. The fourth-order valence-corrected chi connectivity index (χ4v) is 3.84. The van der Waals surface area contributed by atoms with E-state index in [0.717, 1.165) is 13.1 Å². The van der Waals surface area contributed by atoms with Crippen LogP contribution in [0.15, 0.2) is 42.5 Å². The molecule has 1 aromatic heterocycles. The molecule has 2 atom stereocenters. The Morgan fingerprint density at radius 1 is 1.19 bits per heavy atom. The summed E-state index contributed by atoms with van der Waals surface area (Å²) in [5, 5.41) is 9.99. The summed E-state index contributed by atoms with van der Waals surface area (Å²) in [6, 6.07) is 14.8. The van der Waals surface area contributed by atoms with Gasteiger partial charge in [0.05, 0.1) is 12.2 Å². The van der Waals surface area contributed by atoms with Gasteiger partial charge in [0.2, 0.25) is 0 Å². The molecule has 0 bridgehead atoms. The zero-order valence-electron chi connectivity index (χ0n) is 12.2. The number of hydrogen-bond donors (Lipinski definition) is 1. The Bertz CT molecular complexity index is 569. The quantitative estimate of drug-likeness (QED) is 0.921. The molecule has 0 aliphatic carbocycles. The minimum atomic E-state index is -0.362. The minimum Gasteiger partial charge on any atom is -0.389 e. The zero-order valence-corrected chi connectivity index (χ0v) is 13.1. The summed E-state index contributed by atoms with van der Waals surface area (Å²) >= 11 is 1.82. The predicted octanol–water partition coefficient (Wildman–Crippen LogP) is 3.00. The van der Waals surface area contributed by atoms with Crippen molar-refractivity contribution >= 4 is 11.3 Å². The number of thiophene rings is 1. The summed E-state index contributed by atoms with van der Waals surface area (Å²) in [4.78, 5) is 4.90. The number of ether oxygens (including phenoxy) is 1. The van der Waals surface area contributed by atoms with E-state index in [0.29, 0.717) is 13.2 Å². The summed E-state index contributed by atoms with van der Waals surface area (Å²) in [6.07, 6.45) is -0.401. The molecule has 1 aliphatic rings. The number of nitrogens with zero attached hydrogens (tertiary/aromatic N) is 1. The first-order valence-corrected chi connectivity index (χ1v) is 8.24. The number of benzene rings is 1. The van der Waals surface area contributed by atoms with Crippen molar-refractivity contribution in [3.05, 3.63) is 47.3 Å². The van der Waals surface area contributed by atoms with E-state index in [-0.39, 0.29) is 12.2 Å². The maximum atomic E-state index is 9.99. The average molecular weight is 303 g/mol. The predicted molar refractivity (Wildman–Crippen MR) is 86.5 cm³/mol. The van der Waals surface area contributed by atoms with Crippen molar-refractivity contribution in [1.82, 2.24) is 4.90 Å². The van der Waals surface area contributed by atoms with Crippen LogP contribution in [0.25, 0.3) is 10.4 Å². The van der Waals surface area contributed by atoms with Gasteiger partial charge in [0, 0.05) is 36.0 Å². The summed E-state index contributed by atoms with van der Waals surface area (Å²) in [7, 11) is 0. The molecule has 3 nitrogen and oxygen atoms in total. The van der Waals surface area contributed by atoms with Gasteiger partial charge in [-0.2, -0.15) is 0 Å². The normalized spacial score (nSPS) is 22.8. The number of rotatable bonds is 5. The highest BCUT2D eigenvalue weighted by Crippen LogP contribution is 2.29. The van der Waals surface area contributed by atoms with E-state index >= 15 is 0 Å². The van der Waals surface area contributed by atoms with Gasteiger partial charge in [-0.15, -0.1) is 11.3 Å². The van der Waals surface area contributed by atoms with Gasteiger partial charge in [0.25, 0.3) is 0 Å². The smallest absolute Gasteiger partial charge is 0.0972 e. The van der Waals surface area contributed by atoms with Crippen LogP contribution in [0.4, 0.5) is 0 Å². The molecule has 4 heteroatoms. The Labute approximate surface area is 129 Å². The Kier molecular flexibility index (Phi) is 4.70. The standard InChI is InChI=1S/C17H21NO2S/c1-2-20-16-12-18(11-15(16)19)10-14-8-9-17(21-14)13-6-4-3-5-7-13/h3-9,15-16,19H,2,10-12H2,1H3/t15-,16-/m1/s1. The molecule has 0 spiro atoms. The molecular weight excluding hydrogens is 282 g/mol. The van der Waals surface area contributed by atoms with Crippen molar-refractivity contribution in [2.24, 2.45) is 0 Å². The van der Waals surface area contributed by atoms with Gasteiger partial charge in [-0.3, -0.25) is 4.90 Å². The van der Waals surface area contributed by atoms with Gasteiger partial charge < -0.3 is 9.84 Å². The molecule has 1 saturated heterocycles. The van der Waals surface area contributed by atoms with Crippen molar-refractivity contribution in [2.75, 3.05) is 19.7 Å². The Morgan fingerprint density at radius 3 is 2.76 bits per heavy atom. The highest BCUT2D eigenvalue weighted by molar-refractivity contribution is 7.15. The molecule has 112 valence electrons. The van der Waals surface area contributed by atoms with Crippen LogP contribution < -0.4 is 0 Å². The van der Waals surface area contributed by atoms with E-state index in [1.54, 1.807) is 0 Å². The van der Waals surface area contributed by atoms with E-state index < -0.39 is 0 Å². The Morgan fingerprint density at radius 2 is 2.00 bits per heavy atom. The first-order chi connectivity index (χ1) is 10.3. The lowest BCUT2D eigenvalue weighted by atomic mass is 10.2. The molecule has 21 heavy (non-hydrogen) atoms. The molecule has 0 saturated carbocycles. The number of aliphatic hydroxyl groups is 1. The third-order valence-electron chi connectivity index (χ3n) is 3.79. The van der Waals surface area contributed by atoms with Crippen LogP contribution in [0, 0.1) is 0 Å². The van der Waals surface area contributed by atoms with Crippen molar-refractivity contribution in [2.45, 2.75) is 25.7 Å². The summed E-state index contributed by atoms with van der Waals surface area (Å²) in [5.74, 6) is 0. The minimum absolute atomic E-state index is 0.0384. The van der Waals surface area contributed by atoms with Crippen molar-refractivity contribution in [3.63, 3.8) is 0 Å². The number of aliphatic hydroxyl groups excluding tert-OH is 1. The van der Waals surface area contributed by atoms with Crippen LogP contribution in [-0.2, 0) is 11.3 Å². The fourth-order valence-electron chi connectivity index (χ4n) is 2.78. The van der Waals surface area contributed by atoms with Crippen LogP contribution in [0.5, 0.6) is 0 Å². The average Bonchev–Trinajstić information content (AvgIpc) is 3.08. The molecule has 1 fully saturated rings. The molecule has 1 aliphatic heterocycles. The third kappa shape index (κ3) is 3.52. The second kappa shape index (κ2) is 6.71. The number of hydrogen-bond acceptors (Lipinski definition) is 4. The van der Waals surface area contributed by atoms with Gasteiger partial charge >= 0.3 is 0 Å². The lowest BCUT2D eigenvalue weighted by Gasteiger charge is -2.14. The van der Waals surface area contributed by atoms with E-state index in [1.807, 2.05) is 24.3 Å². The molecule has 1 aromatic carbocycles. The highest BCUT2D eigenvalue weighted by atomic mass is 32.1. The second-order valence-electron chi connectivity index (χ2n) is 5.39. The van der Waals surface area contributed by atoms with Crippen LogP contribution in [0.3, 0.4) is 0 Å². The van der Waals surface area contributed by atoms with Gasteiger partial charge in [-0.25, -0.2) is 0 Å². The molecule has 2 heterocycles. The van der Waals surface area contributed by atoms with E-state index in [9.17, 15) is 5.11 Å². The van der Waals surface area contributed by atoms with Crippen molar-refractivity contribution in [1.29, 1.82) is 0 Å². The van der Waals surface area contributed by atoms with E-state index in [4.69, 9.17) is 4.74 Å². The van der Waals surface area contributed by atoms with Crippen molar-refractivity contribution in [3.8, 4) is 10.4 Å². The third-order valence-corrected chi connectivity index (χ3v) is 4.91. The van der Waals surface area contributed by atoms with Gasteiger partial charge in [-0.1, -0.05) is 30.3 Å². The second-order valence-corrected chi connectivity index (χ2v) is 6.56. The van der Waals surface area contributed by atoms with Gasteiger partial charge in [-0.05, 0) is 24.6 Å². The van der Waals surface area contributed by atoms with Crippen LogP contribution in [0.1, 0.15) is 11.8 Å². The largest absolute Gasteiger partial charge is 0.389 e. The van der Waals surface area contributed by atoms with Gasteiger partial charge in [0.1, 0.15) is 0 Å². The molecule has 1 N–H and O–H groups in total. The van der Waals surface area contributed by atoms with E-state index in [2.05, 4.69) is 41.3 Å². The highest BCUT2D eigenvalue weighted by Gasteiger charge is 2.31. The SMILES string of the molecule is CCO[C@@H]1CN(Cc2ccc(-c3ccccc3)s2)C[C@H]1O.